The third kappa shape index (κ3) is 6.14. The lowest BCUT2D eigenvalue weighted by atomic mass is 10.0. The molecule has 0 spiro atoms. The van der Waals surface area contributed by atoms with Crippen molar-refractivity contribution in [3.63, 3.8) is 0 Å². The van der Waals surface area contributed by atoms with E-state index < -0.39 is 6.04 Å². The molecule has 4 N–H and O–H groups in total. The van der Waals surface area contributed by atoms with Gasteiger partial charge in [-0.15, -0.1) is 0 Å². The number of aliphatic hydroxyl groups is 1. The average molecular weight is 280 g/mol. The van der Waals surface area contributed by atoms with Crippen LogP contribution in [0.5, 0.6) is 0 Å². The molecule has 5 heteroatoms. The van der Waals surface area contributed by atoms with Crippen molar-refractivity contribution >= 4 is 5.91 Å². The Kier molecular flexibility index (Phi) is 7.87. The van der Waals surface area contributed by atoms with E-state index in [-0.39, 0.29) is 18.6 Å². The Bertz CT molecular complexity index is 378. The van der Waals surface area contributed by atoms with E-state index >= 15 is 0 Å². The minimum atomic E-state index is -0.548. The number of methoxy groups -OCH3 is 1. The zero-order valence-electron chi connectivity index (χ0n) is 11.9. The Morgan fingerprint density at radius 1 is 1.35 bits per heavy atom. The Balaban J connectivity index is 2.37. The van der Waals surface area contributed by atoms with Crippen LogP contribution in [0, 0.1) is 0 Å². The zero-order chi connectivity index (χ0) is 14.8. The number of ether oxygens (including phenoxy) is 1. The molecule has 1 aromatic carbocycles. The van der Waals surface area contributed by atoms with E-state index in [0.717, 1.165) is 6.42 Å². The molecule has 0 aromatic heterocycles. The molecule has 112 valence electrons. The van der Waals surface area contributed by atoms with E-state index in [9.17, 15) is 4.79 Å². The third-order valence-electron chi connectivity index (χ3n) is 3.12. The van der Waals surface area contributed by atoms with Crippen LogP contribution < -0.4 is 11.1 Å². The Hall–Kier alpha value is -1.43. The van der Waals surface area contributed by atoms with Crippen molar-refractivity contribution in [1.82, 2.24) is 5.32 Å². The Morgan fingerprint density at radius 2 is 2.05 bits per heavy atom. The molecule has 0 saturated carbocycles. The molecular weight excluding hydrogens is 256 g/mol. The van der Waals surface area contributed by atoms with Gasteiger partial charge in [-0.1, -0.05) is 30.3 Å². The van der Waals surface area contributed by atoms with Crippen molar-refractivity contribution in [3.8, 4) is 0 Å². The van der Waals surface area contributed by atoms with Gasteiger partial charge < -0.3 is 20.9 Å². The lowest BCUT2D eigenvalue weighted by molar-refractivity contribution is -0.123. The molecule has 20 heavy (non-hydrogen) atoms. The first-order valence-electron chi connectivity index (χ1n) is 6.87. The minimum Gasteiger partial charge on any atom is -0.396 e. The number of carbonyl (C=O) groups excluding carboxylic acids is 1. The summed E-state index contributed by atoms with van der Waals surface area (Å²) in [6.07, 6.45) is 1.82. The van der Waals surface area contributed by atoms with Crippen molar-refractivity contribution < 1.29 is 14.6 Å². The van der Waals surface area contributed by atoms with Crippen molar-refractivity contribution in [2.24, 2.45) is 5.73 Å². The van der Waals surface area contributed by atoms with Crippen LogP contribution in [-0.2, 0) is 16.0 Å². The highest BCUT2D eigenvalue weighted by Gasteiger charge is 2.17. The largest absolute Gasteiger partial charge is 0.396 e. The van der Waals surface area contributed by atoms with Gasteiger partial charge in [-0.2, -0.15) is 0 Å². The van der Waals surface area contributed by atoms with Gasteiger partial charge in [-0.05, 0) is 24.8 Å². The normalized spacial score (nSPS) is 13.8. The van der Waals surface area contributed by atoms with Gasteiger partial charge in [0.2, 0.25) is 5.91 Å². The SMILES string of the molecule is COCC(CCO)NC(=O)[C@@H](N)CCc1ccccc1. The average Bonchev–Trinajstić information content (AvgIpc) is 2.46. The molecule has 5 nitrogen and oxygen atoms in total. The number of rotatable bonds is 9. The van der Waals surface area contributed by atoms with E-state index in [0.29, 0.717) is 19.4 Å². The fourth-order valence-electron chi connectivity index (χ4n) is 1.96. The number of nitrogens with one attached hydrogen (secondary N) is 1. The molecule has 1 unspecified atom stereocenters. The first-order valence-corrected chi connectivity index (χ1v) is 6.87. The maximum absolute atomic E-state index is 12.0. The second kappa shape index (κ2) is 9.47. The third-order valence-corrected chi connectivity index (χ3v) is 3.12. The van der Waals surface area contributed by atoms with E-state index in [4.69, 9.17) is 15.6 Å². The van der Waals surface area contributed by atoms with Crippen LogP contribution in [0.1, 0.15) is 18.4 Å². The van der Waals surface area contributed by atoms with E-state index in [1.165, 1.54) is 5.56 Å². The second-order valence-corrected chi connectivity index (χ2v) is 4.80. The molecule has 0 fully saturated rings. The van der Waals surface area contributed by atoms with Crippen molar-refractivity contribution in [3.05, 3.63) is 35.9 Å². The standard InChI is InChI=1S/C15H24N2O3/c1-20-11-13(9-10-18)17-15(19)14(16)8-7-12-5-3-2-4-6-12/h2-6,13-14,18H,7-11,16H2,1H3,(H,17,19)/t13?,14-/m0/s1. The number of hydrogen-bond acceptors (Lipinski definition) is 4. The van der Waals surface area contributed by atoms with Crippen molar-refractivity contribution in [1.29, 1.82) is 0 Å². The highest BCUT2D eigenvalue weighted by molar-refractivity contribution is 5.81. The van der Waals surface area contributed by atoms with Crippen LogP contribution in [0.15, 0.2) is 30.3 Å². The van der Waals surface area contributed by atoms with Crippen molar-refractivity contribution in [2.45, 2.75) is 31.3 Å². The molecule has 0 aliphatic rings. The summed E-state index contributed by atoms with van der Waals surface area (Å²) in [5.74, 6) is -0.198. The van der Waals surface area contributed by atoms with Gasteiger partial charge in [0.05, 0.1) is 18.7 Å². The molecule has 0 radical (unpaired) electrons. The second-order valence-electron chi connectivity index (χ2n) is 4.80. The van der Waals surface area contributed by atoms with Crippen LogP contribution in [0.2, 0.25) is 0 Å². The van der Waals surface area contributed by atoms with Gasteiger partial charge in [0.1, 0.15) is 0 Å². The van der Waals surface area contributed by atoms with Gasteiger partial charge in [0.25, 0.3) is 0 Å². The van der Waals surface area contributed by atoms with Crippen LogP contribution in [0.3, 0.4) is 0 Å². The molecule has 0 heterocycles. The summed E-state index contributed by atoms with van der Waals surface area (Å²) in [4.78, 5) is 12.0. The van der Waals surface area contributed by atoms with Gasteiger partial charge in [-0.25, -0.2) is 0 Å². The van der Waals surface area contributed by atoms with Gasteiger partial charge >= 0.3 is 0 Å². The fraction of sp³-hybridized carbons (Fsp3) is 0.533. The van der Waals surface area contributed by atoms with Crippen LogP contribution in [0.25, 0.3) is 0 Å². The topological polar surface area (TPSA) is 84.6 Å². The molecule has 0 bridgehead atoms. The van der Waals surface area contributed by atoms with Crippen LogP contribution >= 0.6 is 0 Å². The maximum Gasteiger partial charge on any atom is 0.237 e. The van der Waals surface area contributed by atoms with E-state index in [1.54, 1.807) is 7.11 Å². The van der Waals surface area contributed by atoms with Gasteiger partial charge in [0, 0.05) is 13.7 Å². The summed E-state index contributed by atoms with van der Waals surface area (Å²) < 4.78 is 5.00. The number of aliphatic hydroxyl groups excluding tert-OH is 1. The maximum atomic E-state index is 12.0. The number of amides is 1. The quantitative estimate of drug-likeness (QED) is 0.613. The number of aryl methyl sites for hydroxylation is 1. The molecule has 1 amide bonds. The number of carbonyl (C=O) groups is 1. The lowest BCUT2D eigenvalue weighted by Gasteiger charge is -2.19. The molecule has 2 atom stereocenters. The zero-order valence-corrected chi connectivity index (χ0v) is 11.9. The van der Waals surface area contributed by atoms with Gasteiger partial charge in [0.15, 0.2) is 0 Å². The number of nitrogens with two attached hydrogens (primary N) is 1. The summed E-state index contributed by atoms with van der Waals surface area (Å²) in [6, 6.07) is 9.19. The number of benzene rings is 1. The Labute approximate surface area is 120 Å². The predicted octanol–water partition coefficient (Wildman–Crippen LogP) is 0.460. The van der Waals surface area contributed by atoms with E-state index in [2.05, 4.69) is 5.32 Å². The van der Waals surface area contributed by atoms with Gasteiger partial charge in [-0.3, -0.25) is 4.79 Å². The summed E-state index contributed by atoms with van der Waals surface area (Å²) in [5.41, 5.74) is 7.06. The predicted molar refractivity (Wildman–Crippen MR) is 78.2 cm³/mol. The molecule has 0 aliphatic heterocycles. The summed E-state index contributed by atoms with van der Waals surface area (Å²) in [7, 11) is 1.56. The molecule has 1 aromatic rings. The Morgan fingerprint density at radius 3 is 2.65 bits per heavy atom. The monoisotopic (exact) mass is 280 g/mol. The first kappa shape index (κ1) is 16.6. The fourth-order valence-corrected chi connectivity index (χ4v) is 1.96. The summed E-state index contributed by atoms with van der Waals surface area (Å²) in [5, 5.41) is 11.7. The summed E-state index contributed by atoms with van der Waals surface area (Å²) in [6.45, 7) is 0.380. The molecular formula is C15H24N2O3. The lowest BCUT2D eigenvalue weighted by Crippen LogP contribution is -2.47. The van der Waals surface area contributed by atoms with Crippen LogP contribution in [0.4, 0.5) is 0 Å². The molecule has 1 rings (SSSR count). The van der Waals surface area contributed by atoms with Crippen molar-refractivity contribution in [2.75, 3.05) is 20.3 Å². The van der Waals surface area contributed by atoms with E-state index in [1.807, 2.05) is 30.3 Å². The highest BCUT2D eigenvalue weighted by Crippen LogP contribution is 2.04. The molecule has 0 saturated heterocycles. The number of hydrogen-bond donors (Lipinski definition) is 3. The smallest absolute Gasteiger partial charge is 0.237 e. The minimum absolute atomic E-state index is 0.00750. The summed E-state index contributed by atoms with van der Waals surface area (Å²) >= 11 is 0. The highest BCUT2D eigenvalue weighted by atomic mass is 16.5. The first-order chi connectivity index (χ1) is 9.67. The van der Waals surface area contributed by atoms with Crippen LogP contribution in [-0.4, -0.2) is 43.4 Å². The molecule has 0 aliphatic carbocycles.